The number of methoxy groups -OCH3 is 1. The maximum atomic E-state index is 12.2. The summed E-state index contributed by atoms with van der Waals surface area (Å²) in [4.78, 5) is 12.2. The van der Waals surface area contributed by atoms with Crippen molar-refractivity contribution < 1.29 is 9.53 Å². The molecule has 0 heterocycles. The Morgan fingerprint density at radius 3 is 2.52 bits per heavy atom. The largest absolute Gasteiger partial charge is 0.496 e. The average Bonchev–Trinajstić information content (AvgIpc) is 2.53. The highest BCUT2D eigenvalue weighted by Crippen LogP contribution is 2.19. The van der Waals surface area contributed by atoms with Crippen LogP contribution in [0, 0.1) is 20.8 Å². The molecule has 0 aromatic heterocycles. The van der Waals surface area contributed by atoms with Gasteiger partial charge in [0, 0.05) is 12.1 Å². The molecule has 23 heavy (non-hydrogen) atoms. The Morgan fingerprint density at radius 1 is 1.04 bits per heavy atom. The molecule has 0 unspecified atom stereocenters. The van der Waals surface area contributed by atoms with Crippen LogP contribution in [0.15, 0.2) is 36.4 Å². The maximum Gasteiger partial charge on any atom is 0.251 e. The summed E-state index contributed by atoms with van der Waals surface area (Å²) in [5.41, 5.74) is 5.62. The zero-order valence-corrected chi connectivity index (χ0v) is 14.4. The van der Waals surface area contributed by atoms with Gasteiger partial charge in [-0.1, -0.05) is 29.8 Å². The Labute approximate surface area is 138 Å². The number of hydrogen-bond acceptors (Lipinski definition) is 2. The van der Waals surface area contributed by atoms with Crippen molar-refractivity contribution in [2.75, 3.05) is 13.7 Å². The highest BCUT2D eigenvalue weighted by atomic mass is 16.5. The molecule has 0 aliphatic carbocycles. The summed E-state index contributed by atoms with van der Waals surface area (Å²) in [7, 11) is 1.62. The summed E-state index contributed by atoms with van der Waals surface area (Å²) in [6, 6.07) is 12.0. The number of hydrogen-bond donors (Lipinski definition) is 1. The molecule has 122 valence electrons. The predicted molar refractivity (Wildman–Crippen MR) is 94.3 cm³/mol. The molecule has 0 fully saturated rings. The van der Waals surface area contributed by atoms with Crippen LogP contribution in [0.3, 0.4) is 0 Å². The second-order valence-corrected chi connectivity index (χ2v) is 5.97. The molecule has 0 atom stereocenters. The van der Waals surface area contributed by atoms with E-state index in [2.05, 4.69) is 37.4 Å². The number of amides is 1. The Kier molecular flexibility index (Phi) is 5.80. The van der Waals surface area contributed by atoms with E-state index in [0.717, 1.165) is 24.2 Å². The van der Waals surface area contributed by atoms with Crippen LogP contribution in [0.1, 0.15) is 39.0 Å². The quantitative estimate of drug-likeness (QED) is 0.819. The van der Waals surface area contributed by atoms with Crippen LogP contribution < -0.4 is 10.1 Å². The summed E-state index contributed by atoms with van der Waals surface area (Å²) >= 11 is 0. The van der Waals surface area contributed by atoms with E-state index in [9.17, 15) is 4.79 Å². The molecule has 3 nitrogen and oxygen atoms in total. The number of carbonyl (C=O) groups excluding carboxylic acids is 1. The van der Waals surface area contributed by atoms with Gasteiger partial charge >= 0.3 is 0 Å². The second kappa shape index (κ2) is 7.82. The van der Waals surface area contributed by atoms with Crippen molar-refractivity contribution >= 4 is 5.91 Å². The van der Waals surface area contributed by atoms with Gasteiger partial charge in [0.1, 0.15) is 5.75 Å². The van der Waals surface area contributed by atoms with Crippen molar-refractivity contribution in [1.82, 2.24) is 5.32 Å². The fourth-order valence-electron chi connectivity index (χ4n) is 2.67. The monoisotopic (exact) mass is 311 g/mol. The third kappa shape index (κ3) is 4.59. The number of carbonyl (C=O) groups is 1. The highest BCUT2D eigenvalue weighted by Gasteiger charge is 2.08. The van der Waals surface area contributed by atoms with Crippen LogP contribution in [0.5, 0.6) is 5.75 Å². The van der Waals surface area contributed by atoms with E-state index in [-0.39, 0.29) is 5.91 Å². The van der Waals surface area contributed by atoms with Crippen molar-refractivity contribution in [2.24, 2.45) is 0 Å². The van der Waals surface area contributed by atoms with Crippen molar-refractivity contribution in [2.45, 2.75) is 33.6 Å². The minimum absolute atomic E-state index is 0.0519. The van der Waals surface area contributed by atoms with E-state index < -0.39 is 0 Å². The molecule has 0 aliphatic rings. The Hall–Kier alpha value is -2.29. The van der Waals surface area contributed by atoms with Crippen LogP contribution in [-0.2, 0) is 6.42 Å². The second-order valence-electron chi connectivity index (χ2n) is 5.97. The number of rotatable bonds is 6. The van der Waals surface area contributed by atoms with Gasteiger partial charge in [-0.05, 0) is 62.4 Å². The molecule has 3 heteroatoms. The van der Waals surface area contributed by atoms with Crippen molar-refractivity contribution in [1.29, 1.82) is 0 Å². The third-order valence-corrected chi connectivity index (χ3v) is 4.08. The lowest BCUT2D eigenvalue weighted by Gasteiger charge is -2.10. The smallest absolute Gasteiger partial charge is 0.251 e. The number of aryl methyl sites for hydroxylation is 4. The van der Waals surface area contributed by atoms with E-state index in [1.807, 2.05) is 19.1 Å². The average molecular weight is 311 g/mol. The molecule has 0 radical (unpaired) electrons. The number of ether oxygens (including phenoxy) is 1. The van der Waals surface area contributed by atoms with Crippen LogP contribution >= 0.6 is 0 Å². The number of benzene rings is 2. The number of nitrogens with one attached hydrogen (secondary N) is 1. The molecule has 2 aromatic carbocycles. The first-order chi connectivity index (χ1) is 11.0. The van der Waals surface area contributed by atoms with Crippen LogP contribution in [0.2, 0.25) is 0 Å². The SMILES string of the molecule is COc1cc(C(=O)NCCCc2ccc(C)cc2C)ccc1C. The molecular formula is C20H25NO2. The molecule has 0 bridgehead atoms. The maximum absolute atomic E-state index is 12.2. The first-order valence-electron chi connectivity index (χ1n) is 8.00. The first-order valence-corrected chi connectivity index (χ1v) is 8.00. The summed E-state index contributed by atoms with van der Waals surface area (Å²) < 4.78 is 5.26. The lowest BCUT2D eigenvalue weighted by molar-refractivity contribution is 0.0953. The van der Waals surface area contributed by atoms with Crippen molar-refractivity contribution in [3.8, 4) is 5.75 Å². The van der Waals surface area contributed by atoms with Crippen LogP contribution in [0.25, 0.3) is 0 Å². The van der Waals surface area contributed by atoms with Gasteiger partial charge in [0.2, 0.25) is 0 Å². The van der Waals surface area contributed by atoms with Gasteiger partial charge in [-0.25, -0.2) is 0 Å². The molecular weight excluding hydrogens is 286 g/mol. The molecule has 1 N–H and O–H groups in total. The van der Waals surface area contributed by atoms with E-state index in [1.54, 1.807) is 13.2 Å². The molecule has 2 aromatic rings. The van der Waals surface area contributed by atoms with Crippen molar-refractivity contribution in [3.63, 3.8) is 0 Å². The van der Waals surface area contributed by atoms with Gasteiger partial charge in [-0.15, -0.1) is 0 Å². The standard InChI is InChI=1S/C20H25NO2/c1-14-7-9-17(16(3)12-14)6-5-11-21-20(22)18-10-8-15(2)19(13-18)23-4/h7-10,12-13H,5-6,11H2,1-4H3,(H,21,22). The molecule has 0 saturated carbocycles. The van der Waals surface area contributed by atoms with Gasteiger partial charge in [0.25, 0.3) is 5.91 Å². The zero-order chi connectivity index (χ0) is 16.8. The fourth-order valence-corrected chi connectivity index (χ4v) is 2.67. The molecule has 0 saturated heterocycles. The minimum Gasteiger partial charge on any atom is -0.496 e. The summed E-state index contributed by atoms with van der Waals surface area (Å²) in [5.74, 6) is 0.692. The van der Waals surface area contributed by atoms with Crippen LogP contribution in [-0.4, -0.2) is 19.6 Å². The van der Waals surface area contributed by atoms with Gasteiger partial charge in [-0.2, -0.15) is 0 Å². The first kappa shape index (κ1) is 17.1. The van der Waals surface area contributed by atoms with Crippen LogP contribution in [0.4, 0.5) is 0 Å². The zero-order valence-electron chi connectivity index (χ0n) is 14.4. The topological polar surface area (TPSA) is 38.3 Å². The van der Waals surface area contributed by atoms with Gasteiger partial charge in [-0.3, -0.25) is 4.79 Å². The summed E-state index contributed by atoms with van der Waals surface area (Å²) in [6.45, 7) is 6.87. The minimum atomic E-state index is -0.0519. The molecule has 0 spiro atoms. The Balaban J connectivity index is 1.85. The van der Waals surface area contributed by atoms with Gasteiger partial charge < -0.3 is 10.1 Å². The van der Waals surface area contributed by atoms with Crippen molar-refractivity contribution in [3.05, 3.63) is 64.2 Å². The lowest BCUT2D eigenvalue weighted by Crippen LogP contribution is -2.24. The Morgan fingerprint density at radius 2 is 1.83 bits per heavy atom. The lowest BCUT2D eigenvalue weighted by atomic mass is 10.0. The molecule has 0 aliphatic heterocycles. The highest BCUT2D eigenvalue weighted by molar-refractivity contribution is 5.94. The molecule has 2 rings (SSSR count). The van der Waals surface area contributed by atoms with Gasteiger partial charge in [0.15, 0.2) is 0 Å². The van der Waals surface area contributed by atoms with E-state index in [0.29, 0.717) is 12.1 Å². The third-order valence-electron chi connectivity index (χ3n) is 4.08. The summed E-state index contributed by atoms with van der Waals surface area (Å²) in [6.07, 6.45) is 1.91. The summed E-state index contributed by atoms with van der Waals surface area (Å²) in [5, 5.41) is 2.98. The molecule has 1 amide bonds. The fraction of sp³-hybridized carbons (Fsp3) is 0.350. The van der Waals surface area contributed by atoms with E-state index in [4.69, 9.17) is 4.74 Å². The van der Waals surface area contributed by atoms with E-state index in [1.165, 1.54) is 16.7 Å². The predicted octanol–water partition coefficient (Wildman–Crippen LogP) is 3.98. The van der Waals surface area contributed by atoms with E-state index >= 15 is 0 Å². The Bertz CT molecular complexity index is 692. The van der Waals surface area contributed by atoms with Gasteiger partial charge in [0.05, 0.1) is 7.11 Å². The normalized spacial score (nSPS) is 10.4.